The summed E-state index contributed by atoms with van der Waals surface area (Å²) in [5, 5.41) is 12.0. The first-order valence-electron chi connectivity index (χ1n) is 7.12. The van der Waals surface area contributed by atoms with Gasteiger partial charge in [-0.2, -0.15) is 0 Å². The van der Waals surface area contributed by atoms with Crippen molar-refractivity contribution in [2.24, 2.45) is 5.92 Å². The van der Waals surface area contributed by atoms with E-state index in [9.17, 15) is 14.7 Å². The Bertz CT molecular complexity index is 541. The van der Waals surface area contributed by atoms with Crippen LogP contribution < -0.4 is 5.32 Å². The van der Waals surface area contributed by atoms with E-state index in [1.165, 1.54) is 0 Å². The van der Waals surface area contributed by atoms with Gasteiger partial charge < -0.3 is 15.3 Å². The van der Waals surface area contributed by atoms with Gasteiger partial charge in [-0.15, -0.1) is 0 Å². The van der Waals surface area contributed by atoms with Gasteiger partial charge in [-0.3, -0.25) is 0 Å². The zero-order chi connectivity index (χ0) is 16.2. The fourth-order valence-electron chi connectivity index (χ4n) is 2.18. The highest BCUT2D eigenvalue weighted by atomic mass is 16.4. The summed E-state index contributed by atoms with van der Waals surface area (Å²) in [5.74, 6) is -0.638. The summed E-state index contributed by atoms with van der Waals surface area (Å²) in [6.07, 6.45) is 0.988. The van der Waals surface area contributed by atoms with Crippen LogP contribution in [0.1, 0.15) is 41.8 Å². The number of anilines is 1. The Morgan fingerprint density at radius 2 is 1.95 bits per heavy atom. The van der Waals surface area contributed by atoms with Gasteiger partial charge in [-0.25, -0.2) is 9.59 Å². The maximum Gasteiger partial charge on any atom is 0.337 e. The fourth-order valence-corrected chi connectivity index (χ4v) is 2.18. The van der Waals surface area contributed by atoms with Crippen LogP contribution in [0.15, 0.2) is 12.1 Å². The number of aryl methyl sites for hydroxylation is 2. The van der Waals surface area contributed by atoms with Crippen molar-refractivity contribution in [3.63, 3.8) is 0 Å². The minimum absolute atomic E-state index is 0.123. The molecule has 0 spiro atoms. The standard InChI is InChI=1S/C16H24N2O3/c1-6-10(2)9-18(5)16(21)17-14-12(4)7-11(3)8-13(14)15(19)20/h7-8,10H,6,9H2,1-5H3,(H,17,21)(H,19,20). The summed E-state index contributed by atoms with van der Waals surface area (Å²) < 4.78 is 0. The van der Waals surface area contributed by atoms with Crippen LogP contribution in [0.25, 0.3) is 0 Å². The molecule has 0 radical (unpaired) electrons. The molecule has 0 aliphatic carbocycles. The van der Waals surface area contributed by atoms with E-state index in [-0.39, 0.29) is 11.6 Å². The number of carboxylic acid groups (broad SMARTS) is 1. The average molecular weight is 292 g/mol. The molecule has 2 amide bonds. The number of carbonyl (C=O) groups is 2. The van der Waals surface area contributed by atoms with Gasteiger partial charge in [0.1, 0.15) is 0 Å². The predicted octanol–water partition coefficient (Wildman–Crippen LogP) is 3.51. The molecule has 1 unspecified atom stereocenters. The lowest BCUT2D eigenvalue weighted by atomic mass is 10.0. The number of nitrogens with zero attached hydrogens (tertiary/aromatic N) is 1. The zero-order valence-electron chi connectivity index (χ0n) is 13.4. The first-order valence-corrected chi connectivity index (χ1v) is 7.12. The molecule has 0 aliphatic heterocycles. The maximum atomic E-state index is 12.2. The maximum absolute atomic E-state index is 12.2. The van der Waals surface area contributed by atoms with E-state index in [0.29, 0.717) is 18.2 Å². The third-order valence-electron chi connectivity index (χ3n) is 3.57. The average Bonchev–Trinajstić information content (AvgIpc) is 2.40. The van der Waals surface area contributed by atoms with Crippen LogP contribution in [0.2, 0.25) is 0 Å². The Hall–Kier alpha value is -2.04. The highest BCUT2D eigenvalue weighted by Gasteiger charge is 2.18. The largest absolute Gasteiger partial charge is 0.478 e. The van der Waals surface area contributed by atoms with Crippen LogP contribution in [-0.4, -0.2) is 35.6 Å². The molecular formula is C16H24N2O3. The number of hydrogen-bond donors (Lipinski definition) is 2. The molecule has 0 heterocycles. The summed E-state index contributed by atoms with van der Waals surface area (Å²) in [6, 6.07) is 3.14. The molecule has 0 aliphatic rings. The third-order valence-corrected chi connectivity index (χ3v) is 3.57. The van der Waals surface area contributed by atoms with Crippen molar-refractivity contribution in [2.45, 2.75) is 34.1 Å². The Morgan fingerprint density at radius 3 is 2.48 bits per heavy atom. The van der Waals surface area contributed by atoms with Crippen LogP contribution in [0.3, 0.4) is 0 Å². The Balaban J connectivity index is 2.97. The molecule has 1 aromatic rings. The molecule has 21 heavy (non-hydrogen) atoms. The van der Waals surface area contributed by atoms with Gasteiger partial charge in [0.05, 0.1) is 11.3 Å². The fraction of sp³-hybridized carbons (Fsp3) is 0.500. The van der Waals surface area contributed by atoms with Crippen molar-refractivity contribution >= 4 is 17.7 Å². The monoisotopic (exact) mass is 292 g/mol. The molecule has 5 nitrogen and oxygen atoms in total. The molecule has 1 atom stereocenters. The number of hydrogen-bond acceptors (Lipinski definition) is 2. The van der Waals surface area contributed by atoms with Crippen molar-refractivity contribution in [2.75, 3.05) is 18.9 Å². The van der Waals surface area contributed by atoms with Crippen molar-refractivity contribution in [3.05, 3.63) is 28.8 Å². The highest BCUT2D eigenvalue weighted by Crippen LogP contribution is 2.23. The molecule has 5 heteroatoms. The first kappa shape index (κ1) is 17.0. The Labute approximate surface area is 126 Å². The van der Waals surface area contributed by atoms with Crippen LogP contribution in [0.4, 0.5) is 10.5 Å². The van der Waals surface area contributed by atoms with Gasteiger partial charge >= 0.3 is 12.0 Å². The van der Waals surface area contributed by atoms with Crippen molar-refractivity contribution in [3.8, 4) is 0 Å². The molecular weight excluding hydrogens is 268 g/mol. The number of benzene rings is 1. The summed E-state index contributed by atoms with van der Waals surface area (Å²) in [4.78, 5) is 25.1. The SMILES string of the molecule is CCC(C)CN(C)C(=O)Nc1c(C)cc(C)cc1C(=O)O. The zero-order valence-corrected chi connectivity index (χ0v) is 13.4. The number of urea groups is 1. The minimum Gasteiger partial charge on any atom is -0.478 e. The Kier molecular flexibility index (Phi) is 5.76. The van der Waals surface area contributed by atoms with Gasteiger partial charge in [-0.05, 0) is 37.0 Å². The van der Waals surface area contributed by atoms with Gasteiger partial charge in [0, 0.05) is 13.6 Å². The third kappa shape index (κ3) is 4.48. The lowest BCUT2D eigenvalue weighted by Gasteiger charge is -2.22. The van der Waals surface area contributed by atoms with E-state index < -0.39 is 5.97 Å². The molecule has 2 N–H and O–H groups in total. The molecule has 0 bridgehead atoms. The first-order chi connectivity index (χ1) is 9.76. The van der Waals surface area contributed by atoms with Gasteiger partial charge in [-0.1, -0.05) is 26.3 Å². The van der Waals surface area contributed by atoms with Crippen LogP contribution in [0, 0.1) is 19.8 Å². The number of aromatic carboxylic acids is 1. The van der Waals surface area contributed by atoms with Gasteiger partial charge in [0.15, 0.2) is 0 Å². The topological polar surface area (TPSA) is 69.6 Å². The summed E-state index contributed by atoms with van der Waals surface area (Å²) in [7, 11) is 1.71. The lowest BCUT2D eigenvalue weighted by molar-refractivity contribution is 0.0698. The van der Waals surface area contributed by atoms with Crippen LogP contribution >= 0.6 is 0 Å². The molecule has 0 fully saturated rings. The number of carboxylic acids is 1. The summed E-state index contributed by atoms with van der Waals surface area (Å²) >= 11 is 0. The van der Waals surface area contributed by atoms with Crippen molar-refractivity contribution in [1.82, 2.24) is 4.90 Å². The van der Waals surface area contributed by atoms with Crippen LogP contribution in [0.5, 0.6) is 0 Å². The summed E-state index contributed by atoms with van der Waals surface area (Å²) in [5.41, 5.74) is 2.10. The molecule has 0 saturated heterocycles. The lowest BCUT2D eigenvalue weighted by Crippen LogP contribution is -2.35. The molecule has 0 aromatic heterocycles. The Morgan fingerprint density at radius 1 is 1.33 bits per heavy atom. The van der Waals surface area contributed by atoms with Gasteiger partial charge in [0.25, 0.3) is 0 Å². The molecule has 1 rings (SSSR count). The molecule has 0 saturated carbocycles. The molecule has 116 valence electrons. The number of rotatable bonds is 5. The minimum atomic E-state index is -1.04. The highest BCUT2D eigenvalue weighted by molar-refractivity contribution is 6.01. The summed E-state index contributed by atoms with van der Waals surface area (Å²) in [6.45, 7) is 8.41. The van der Waals surface area contributed by atoms with E-state index in [1.807, 2.05) is 13.0 Å². The second-order valence-corrected chi connectivity index (χ2v) is 5.63. The van der Waals surface area contributed by atoms with Gasteiger partial charge in [0.2, 0.25) is 0 Å². The second-order valence-electron chi connectivity index (χ2n) is 5.63. The predicted molar refractivity (Wildman–Crippen MR) is 84.0 cm³/mol. The number of amides is 2. The van der Waals surface area contributed by atoms with E-state index in [0.717, 1.165) is 17.5 Å². The van der Waals surface area contributed by atoms with Crippen molar-refractivity contribution < 1.29 is 14.7 Å². The van der Waals surface area contributed by atoms with Crippen LogP contribution in [-0.2, 0) is 0 Å². The molecule has 1 aromatic carbocycles. The number of nitrogens with one attached hydrogen (secondary N) is 1. The van der Waals surface area contributed by atoms with E-state index in [2.05, 4.69) is 19.2 Å². The van der Waals surface area contributed by atoms with E-state index >= 15 is 0 Å². The number of carbonyl (C=O) groups excluding carboxylic acids is 1. The smallest absolute Gasteiger partial charge is 0.337 e. The van der Waals surface area contributed by atoms with Crippen molar-refractivity contribution in [1.29, 1.82) is 0 Å². The van der Waals surface area contributed by atoms with E-state index in [4.69, 9.17) is 0 Å². The van der Waals surface area contributed by atoms with E-state index in [1.54, 1.807) is 24.9 Å². The normalized spacial score (nSPS) is 11.9. The quantitative estimate of drug-likeness (QED) is 0.872. The second kappa shape index (κ2) is 7.11.